The summed E-state index contributed by atoms with van der Waals surface area (Å²) in [6.07, 6.45) is 1.68. The highest BCUT2D eigenvalue weighted by Gasteiger charge is 2.24. The lowest BCUT2D eigenvalue weighted by atomic mass is 10.1. The van der Waals surface area contributed by atoms with Crippen molar-refractivity contribution in [2.24, 2.45) is 0 Å². The van der Waals surface area contributed by atoms with Gasteiger partial charge in [0.15, 0.2) is 0 Å². The number of rotatable bonds is 6. The zero-order chi connectivity index (χ0) is 18.4. The van der Waals surface area contributed by atoms with Crippen LogP contribution < -0.4 is 16.0 Å². The Bertz CT molecular complexity index is 712. The molecule has 1 aromatic carbocycles. The number of nitrogens with zero attached hydrogens (tertiary/aromatic N) is 1. The van der Waals surface area contributed by atoms with E-state index in [1.54, 1.807) is 0 Å². The van der Waals surface area contributed by atoms with E-state index in [0.717, 1.165) is 30.2 Å². The predicted octanol–water partition coefficient (Wildman–Crippen LogP) is 0.134. The quantitative estimate of drug-likeness (QED) is 0.662. The molecular formula is C16H24N4O4S. The summed E-state index contributed by atoms with van der Waals surface area (Å²) in [5.41, 5.74) is 0.512. The Morgan fingerprint density at radius 1 is 1.20 bits per heavy atom. The van der Waals surface area contributed by atoms with E-state index in [0.29, 0.717) is 5.69 Å². The maximum absolute atomic E-state index is 12.5. The van der Waals surface area contributed by atoms with Crippen molar-refractivity contribution in [3.63, 3.8) is 0 Å². The number of sulfonamides is 1. The molecule has 9 heteroatoms. The van der Waals surface area contributed by atoms with Crippen molar-refractivity contribution >= 4 is 27.5 Å². The monoisotopic (exact) mass is 368 g/mol. The lowest BCUT2D eigenvalue weighted by Gasteiger charge is -2.25. The number of piperidine rings is 1. The molecule has 0 saturated carbocycles. The number of hydrogen-bond acceptors (Lipinski definition) is 5. The second-order valence-electron chi connectivity index (χ2n) is 6.06. The number of anilines is 1. The molecule has 3 N–H and O–H groups in total. The van der Waals surface area contributed by atoms with Gasteiger partial charge in [0.1, 0.15) is 0 Å². The minimum Gasteiger partial charge on any atom is -0.352 e. The van der Waals surface area contributed by atoms with Gasteiger partial charge in [0, 0.05) is 25.7 Å². The first kappa shape index (κ1) is 19.4. The van der Waals surface area contributed by atoms with Crippen molar-refractivity contribution in [3.05, 3.63) is 24.3 Å². The molecule has 0 unspecified atom stereocenters. The molecule has 1 aliphatic rings. The highest BCUT2D eigenvalue weighted by atomic mass is 32.2. The normalized spacial score (nSPS) is 15.8. The first-order chi connectivity index (χ1) is 11.8. The van der Waals surface area contributed by atoms with Crippen LogP contribution in [0.3, 0.4) is 0 Å². The Hall–Kier alpha value is -1.97. The number of hydrogen-bond donors (Lipinski definition) is 3. The summed E-state index contributed by atoms with van der Waals surface area (Å²) in [7, 11) is -2.40. The van der Waals surface area contributed by atoms with Gasteiger partial charge >= 0.3 is 0 Å². The molecule has 1 saturated heterocycles. The standard InChI is InChI=1S/C16H24N4O4S/c1-12(21)18-13-3-5-15(6-4-13)25(23,24)20(2)11-16(22)19-14-7-9-17-10-8-14/h3-6,14,17H,7-11H2,1-2H3,(H,18,21)(H,19,22). The third-order valence-electron chi connectivity index (χ3n) is 3.95. The topological polar surface area (TPSA) is 108 Å². The molecule has 1 aliphatic heterocycles. The largest absolute Gasteiger partial charge is 0.352 e. The van der Waals surface area contributed by atoms with Crippen LogP contribution in [0.1, 0.15) is 19.8 Å². The molecular weight excluding hydrogens is 344 g/mol. The molecule has 2 amide bonds. The van der Waals surface area contributed by atoms with Crippen molar-refractivity contribution in [2.75, 3.05) is 32.0 Å². The van der Waals surface area contributed by atoms with Gasteiger partial charge in [-0.3, -0.25) is 9.59 Å². The number of likely N-dealkylation sites (N-methyl/N-ethyl adjacent to an activating group) is 1. The van der Waals surface area contributed by atoms with Gasteiger partial charge in [0.2, 0.25) is 21.8 Å². The van der Waals surface area contributed by atoms with Crippen LogP contribution in [0.2, 0.25) is 0 Å². The van der Waals surface area contributed by atoms with E-state index in [4.69, 9.17) is 0 Å². The van der Waals surface area contributed by atoms with Crippen molar-refractivity contribution < 1.29 is 18.0 Å². The molecule has 1 aromatic rings. The van der Waals surface area contributed by atoms with Crippen molar-refractivity contribution in [1.29, 1.82) is 0 Å². The van der Waals surface area contributed by atoms with Crippen LogP contribution in [0.4, 0.5) is 5.69 Å². The Balaban J connectivity index is 1.97. The molecule has 0 bridgehead atoms. The van der Waals surface area contributed by atoms with Gasteiger partial charge in [-0.2, -0.15) is 4.31 Å². The fourth-order valence-electron chi connectivity index (χ4n) is 2.62. The number of benzene rings is 1. The highest BCUT2D eigenvalue weighted by molar-refractivity contribution is 7.89. The second kappa shape index (κ2) is 8.41. The molecule has 8 nitrogen and oxygen atoms in total. The molecule has 2 rings (SSSR count). The van der Waals surface area contributed by atoms with Crippen molar-refractivity contribution in [3.8, 4) is 0 Å². The summed E-state index contributed by atoms with van der Waals surface area (Å²) >= 11 is 0. The predicted molar refractivity (Wildman–Crippen MR) is 94.6 cm³/mol. The van der Waals surface area contributed by atoms with E-state index in [-0.39, 0.29) is 29.3 Å². The van der Waals surface area contributed by atoms with Crippen LogP contribution in [-0.2, 0) is 19.6 Å². The smallest absolute Gasteiger partial charge is 0.243 e. The average Bonchev–Trinajstić information content (AvgIpc) is 2.55. The summed E-state index contributed by atoms with van der Waals surface area (Å²) in [6, 6.07) is 5.92. The second-order valence-corrected chi connectivity index (χ2v) is 8.10. The lowest BCUT2D eigenvalue weighted by Crippen LogP contribution is -2.46. The first-order valence-corrected chi connectivity index (χ1v) is 9.57. The zero-order valence-corrected chi connectivity index (χ0v) is 15.2. The fourth-order valence-corrected chi connectivity index (χ4v) is 3.75. The van der Waals surface area contributed by atoms with E-state index in [2.05, 4.69) is 16.0 Å². The van der Waals surface area contributed by atoms with E-state index in [1.807, 2.05) is 0 Å². The van der Waals surface area contributed by atoms with Gasteiger partial charge in [-0.25, -0.2) is 8.42 Å². The Morgan fingerprint density at radius 3 is 2.36 bits per heavy atom. The average molecular weight is 368 g/mol. The Kier molecular flexibility index (Phi) is 6.51. The first-order valence-electron chi connectivity index (χ1n) is 8.13. The molecule has 0 radical (unpaired) electrons. The van der Waals surface area contributed by atoms with Gasteiger partial charge < -0.3 is 16.0 Å². The fraction of sp³-hybridized carbons (Fsp3) is 0.500. The van der Waals surface area contributed by atoms with E-state index < -0.39 is 10.0 Å². The van der Waals surface area contributed by atoms with Crippen LogP contribution in [-0.4, -0.2) is 57.3 Å². The van der Waals surface area contributed by atoms with E-state index in [1.165, 1.54) is 38.2 Å². The van der Waals surface area contributed by atoms with Gasteiger partial charge in [-0.15, -0.1) is 0 Å². The van der Waals surface area contributed by atoms with E-state index >= 15 is 0 Å². The van der Waals surface area contributed by atoms with E-state index in [9.17, 15) is 18.0 Å². The number of nitrogens with one attached hydrogen (secondary N) is 3. The molecule has 25 heavy (non-hydrogen) atoms. The Morgan fingerprint density at radius 2 is 1.80 bits per heavy atom. The minimum atomic E-state index is -3.77. The molecule has 1 heterocycles. The molecule has 1 fully saturated rings. The summed E-state index contributed by atoms with van der Waals surface area (Å²) in [5.74, 6) is -0.546. The highest BCUT2D eigenvalue weighted by Crippen LogP contribution is 2.17. The Labute approximate surface area is 148 Å². The summed E-state index contributed by atoms with van der Waals surface area (Å²) in [4.78, 5) is 23.2. The number of amides is 2. The molecule has 0 aromatic heterocycles. The maximum atomic E-state index is 12.5. The SMILES string of the molecule is CC(=O)Nc1ccc(S(=O)(=O)N(C)CC(=O)NC2CCNCC2)cc1. The molecule has 0 spiro atoms. The summed E-state index contributed by atoms with van der Waals surface area (Å²) in [5, 5.41) is 8.65. The number of carbonyl (C=O) groups is 2. The molecule has 0 atom stereocenters. The van der Waals surface area contributed by atoms with Crippen LogP contribution in [0, 0.1) is 0 Å². The lowest BCUT2D eigenvalue weighted by molar-refractivity contribution is -0.122. The van der Waals surface area contributed by atoms with Crippen LogP contribution in [0.15, 0.2) is 29.2 Å². The van der Waals surface area contributed by atoms with Crippen LogP contribution in [0.5, 0.6) is 0 Å². The molecule has 0 aliphatic carbocycles. The van der Waals surface area contributed by atoms with Gasteiger partial charge in [0.05, 0.1) is 11.4 Å². The maximum Gasteiger partial charge on any atom is 0.243 e. The van der Waals surface area contributed by atoms with Crippen molar-refractivity contribution in [2.45, 2.75) is 30.7 Å². The van der Waals surface area contributed by atoms with Crippen LogP contribution in [0.25, 0.3) is 0 Å². The third-order valence-corrected chi connectivity index (χ3v) is 5.77. The minimum absolute atomic E-state index is 0.0683. The zero-order valence-electron chi connectivity index (χ0n) is 14.4. The third kappa shape index (κ3) is 5.52. The number of carbonyl (C=O) groups excluding carboxylic acids is 2. The summed E-state index contributed by atoms with van der Waals surface area (Å²) < 4.78 is 26.1. The van der Waals surface area contributed by atoms with Gasteiger partial charge in [-0.05, 0) is 50.2 Å². The summed E-state index contributed by atoms with van der Waals surface area (Å²) in [6.45, 7) is 2.83. The van der Waals surface area contributed by atoms with Gasteiger partial charge in [0.25, 0.3) is 0 Å². The van der Waals surface area contributed by atoms with Crippen molar-refractivity contribution in [1.82, 2.24) is 14.9 Å². The molecule has 138 valence electrons. The van der Waals surface area contributed by atoms with Gasteiger partial charge in [-0.1, -0.05) is 0 Å². The van der Waals surface area contributed by atoms with Crippen LogP contribution >= 0.6 is 0 Å².